The number of nitrogens with zero attached hydrogens (tertiary/aromatic N) is 1. The number of aryl methyl sites for hydroxylation is 1. The van der Waals surface area contributed by atoms with E-state index < -0.39 is 12.0 Å². The number of nitriles is 1. The highest BCUT2D eigenvalue weighted by atomic mass is 16.5. The van der Waals surface area contributed by atoms with Crippen LogP contribution in [0.25, 0.3) is 0 Å². The molecule has 0 bridgehead atoms. The molecule has 0 saturated carbocycles. The molecule has 1 fully saturated rings. The van der Waals surface area contributed by atoms with Gasteiger partial charge in [-0.25, -0.2) is 0 Å². The van der Waals surface area contributed by atoms with Crippen LogP contribution >= 0.6 is 0 Å². The van der Waals surface area contributed by atoms with Crippen molar-refractivity contribution in [1.29, 1.82) is 5.26 Å². The fourth-order valence-electron chi connectivity index (χ4n) is 2.35. The highest BCUT2D eigenvalue weighted by Crippen LogP contribution is 2.26. The molecule has 3 unspecified atom stereocenters. The van der Waals surface area contributed by atoms with Gasteiger partial charge in [-0.05, 0) is 32.3 Å². The second-order valence-corrected chi connectivity index (χ2v) is 4.89. The van der Waals surface area contributed by atoms with Gasteiger partial charge in [-0.2, -0.15) is 5.26 Å². The molecule has 18 heavy (non-hydrogen) atoms. The summed E-state index contributed by atoms with van der Waals surface area (Å²) in [5.74, 6) is -0.812. The first-order valence-corrected chi connectivity index (χ1v) is 6.27. The minimum atomic E-state index is -0.708. The van der Waals surface area contributed by atoms with Crippen LogP contribution < -0.4 is 0 Å². The molecule has 1 heterocycles. The zero-order chi connectivity index (χ0) is 13.1. The predicted octanol–water partition coefficient (Wildman–Crippen LogP) is 2.74. The van der Waals surface area contributed by atoms with E-state index in [1.54, 1.807) is 0 Å². The van der Waals surface area contributed by atoms with E-state index >= 15 is 0 Å². The first-order valence-electron chi connectivity index (χ1n) is 6.27. The van der Waals surface area contributed by atoms with Crippen LogP contribution in [0.3, 0.4) is 0 Å². The van der Waals surface area contributed by atoms with Gasteiger partial charge in [0, 0.05) is 0 Å². The van der Waals surface area contributed by atoms with Crippen LogP contribution in [-0.4, -0.2) is 18.0 Å². The Morgan fingerprint density at radius 1 is 1.50 bits per heavy atom. The van der Waals surface area contributed by atoms with Crippen molar-refractivity contribution in [2.75, 3.05) is 0 Å². The van der Waals surface area contributed by atoms with Gasteiger partial charge in [0.05, 0.1) is 12.2 Å². The lowest BCUT2D eigenvalue weighted by Gasteiger charge is -2.14. The molecule has 3 heteroatoms. The monoisotopic (exact) mass is 243 g/mol. The number of ketones is 1. The molecule has 1 saturated heterocycles. The minimum absolute atomic E-state index is 0.104. The van der Waals surface area contributed by atoms with Gasteiger partial charge in [0.25, 0.3) is 0 Å². The summed E-state index contributed by atoms with van der Waals surface area (Å²) < 4.78 is 5.56. The summed E-state index contributed by atoms with van der Waals surface area (Å²) in [6.07, 6.45) is 1.33. The summed E-state index contributed by atoms with van der Waals surface area (Å²) in [5.41, 5.74) is 1.83. The van der Waals surface area contributed by atoms with Gasteiger partial charge in [0.1, 0.15) is 12.0 Å². The predicted molar refractivity (Wildman–Crippen MR) is 68.1 cm³/mol. The highest BCUT2D eigenvalue weighted by Gasteiger charge is 2.33. The Labute approximate surface area is 107 Å². The van der Waals surface area contributed by atoms with E-state index in [2.05, 4.69) is 6.07 Å². The van der Waals surface area contributed by atoms with Gasteiger partial charge < -0.3 is 4.74 Å². The fraction of sp³-hybridized carbons (Fsp3) is 0.467. The third-order valence-electron chi connectivity index (χ3n) is 3.34. The van der Waals surface area contributed by atoms with E-state index in [1.165, 1.54) is 0 Å². The molecular weight excluding hydrogens is 226 g/mol. The molecule has 1 aromatic rings. The largest absolute Gasteiger partial charge is 0.367 e. The van der Waals surface area contributed by atoms with Gasteiger partial charge in [0.2, 0.25) is 0 Å². The van der Waals surface area contributed by atoms with Gasteiger partial charge in [-0.15, -0.1) is 0 Å². The maximum Gasteiger partial charge on any atom is 0.183 e. The van der Waals surface area contributed by atoms with Gasteiger partial charge in [0.15, 0.2) is 5.78 Å². The van der Waals surface area contributed by atoms with E-state index in [1.807, 2.05) is 38.1 Å². The molecule has 3 atom stereocenters. The van der Waals surface area contributed by atoms with Crippen LogP contribution in [-0.2, 0) is 9.53 Å². The first-order chi connectivity index (χ1) is 8.61. The molecular formula is C15H17NO2. The van der Waals surface area contributed by atoms with Crippen LogP contribution in [0.15, 0.2) is 24.3 Å². The number of carbonyl (C=O) groups excluding carboxylic acids is 1. The minimum Gasteiger partial charge on any atom is -0.367 e. The van der Waals surface area contributed by atoms with Crippen molar-refractivity contribution in [3.8, 4) is 6.07 Å². The summed E-state index contributed by atoms with van der Waals surface area (Å²) in [7, 11) is 0. The summed E-state index contributed by atoms with van der Waals surface area (Å²) in [5, 5.41) is 9.24. The molecule has 0 N–H and O–H groups in total. The topological polar surface area (TPSA) is 50.1 Å². The van der Waals surface area contributed by atoms with Gasteiger partial charge in [-0.3, -0.25) is 4.79 Å². The molecule has 0 amide bonds. The molecule has 1 aromatic carbocycles. The fourth-order valence-corrected chi connectivity index (χ4v) is 2.35. The Morgan fingerprint density at radius 3 is 2.83 bits per heavy atom. The third-order valence-corrected chi connectivity index (χ3v) is 3.34. The standard InChI is InChI=1S/C15H17NO2/c1-10-4-3-5-12(8-10)13(9-16)15(17)14-7-6-11(2)18-14/h3-5,8,11,13-14H,6-7H2,1-2H3. The quantitative estimate of drug-likeness (QED) is 0.820. The van der Waals surface area contributed by atoms with Gasteiger partial charge in [-0.1, -0.05) is 29.8 Å². The SMILES string of the molecule is Cc1cccc(C(C#N)C(=O)C2CCC(C)O2)c1. The molecule has 0 spiro atoms. The van der Waals surface area contributed by atoms with Crippen molar-refractivity contribution in [2.45, 2.75) is 44.8 Å². The maximum absolute atomic E-state index is 12.3. The Morgan fingerprint density at radius 2 is 2.28 bits per heavy atom. The molecule has 0 aliphatic carbocycles. The van der Waals surface area contributed by atoms with Crippen LogP contribution in [0.2, 0.25) is 0 Å². The van der Waals surface area contributed by atoms with Crippen molar-refractivity contribution in [3.63, 3.8) is 0 Å². The van der Waals surface area contributed by atoms with Crippen molar-refractivity contribution >= 4 is 5.78 Å². The molecule has 0 radical (unpaired) electrons. The number of rotatable bonds is 3. The number of carbonyl (C=O) groups is 1. The molecule has 1 aliphatic rings. The lowest BCUT2D eigenvalue weighted by Crippen LogP contribution is -2.26. The van der Waals surface area contributed by atoms with Gasteiger partial charge >= 0.3 is 0 Å². The second-order valence-electron chi connectivity index (χ2n) is 4.89. The van der Waals surface area contributed by atoms with Crippen molar-refractivity contribution < 1.29 is 9.53 Å². The Kier molecular flexibility index (Phi) is 3.78. The highest BCUT2D eigenvalue weighted by molar-refractivity contribution is 5.92. The Bertz CT molecular complexity index is 490. The summed E-state index contributed by atoms with van der Waals surface area (Å²) >= 11 is 0. The molecule has 94 valence electrons. The number of ether oxygens (including phenoxy) is 1. The zero-order valence-electron chi connectivity index (χ0n) is 10.7. The lowest BCUT2D eigenvalue weighted by atomic mass is 9.91. The number of hydrogen-bond acceptors (Lipinski definition) is 3. The van der Waals surface area contributed by atoms with E-state index in [-0.39, 0.29) is 11.9 Å². The van der Waals surface area contributed by atoms with Crippen LogP contribution in [0.5, 0.6) is 0 Å². The molecule has 0 aromatic heterocycles. The van der Waals surface area contributed by atoms with Crippen LogP contribution in [0.1, 0.15) is 36.8 Å². The second kappa shape index (κ2) is 5.32. The van der Waals surface area contributed by atoms with E-state index in [0.717, 1.165) is 24.0 Å². The summed E-state index contributed by atoms with van der Waals surface area (Å²) in [6, 6.07) is 9.66. The summed E-state index contributed by atoms with van der Waals surface area (Å²) in [4.78, 5) is 12.3. The average molecular weight is 243 g/mol. The van der Waals surface area contributed by atoms with E-state index in [0.29, 0.717) is 0 Å². The normalized spacial score (nSPS) is 24.5. The Hall–Kier alpha value is -1.66. The number of benzene rings is 1. The molecule has 1 aliphatic heterocycles. The average Bonchev–Trinajstić information content (AvgIpc) is 2.77. The lowest BCUT2D eigenvalue weighted by molar-refractivity contribution is -0.129. The van der Waals surface area contributed by atoms with Crippen molar-refractivity contribution in [1.82, 2.24) is 0 Å². The van der Waals surface area contributed by atoms with Crippen LogP contribution in [0, 0.1) is 18.3 Å². The molecule has 2 rings (SSSR count). The maximum atomic E-state index is 12.3. The number of Topliss-reactive ketones (excluding diaryl/α,β-unsaturated/α-hetero) is 1. The molecule has 3 nitrogen and oxygen atoms in total. The Balaban J connectivity index is 2.19. The first kappa shape index (κ1) is 12.8. The number of hydrogen-bond donors (Lipinski definition) is 0. The summed E-state index contributed by atoms with van der Waals surface area (Å²) in [6.45, 7) is 3.91. The zero-order valence-corrected chi connectivity index (χ0v) is 10.7. The smallest absolute Gasteiger partial charge is 0.183 e. The van der Waals surface area contributed by atoms with Crippen LogP contribution in [0.4, 0.5) is 0 Å². The van der Waals surface area contributed by atoms with Crippen molar-refractivity contribution in [2.24, 2.45) is 0 Å². The van der Waals surface area contributed by atoms with E-state index in [9.17, 15) is 10.1 Å². The van der Waals surface area contributed by atoms with Crippen molar-refractivity contribution in [3.05, 3.63) is 35.4 Å². The van der Waals surface area contributed by atoms with E-state index in [4.69, 9.17) is 4.74 Å². The third kappa shape index (κ3) is 2.60.